The Morgan fingerprint density at radius 2 is 2.05 bits per heavy atom. The average molecular weight is 268 g/mol. The quantitative estimate of drug-likeness (QED) is 0.815. The van der Waals surface area contributed by atoms with Crippen LogP contribution in [0.2, 0.25) is 6.82 Å². The Morgan fingerprint density at radius 3 is 2.63 bits per heavy atom. The van der Waals surface area contributed by atoms with Crippen molar-refractivity contribution in [1.29, 1.82) is 0 Å². The van der Waals surface area contributed by atoms with Gasteiger partial charge in [0, 0.05) is 24.2 Å². The number of nitrogens with zero attached hydrogens (tertiary/aromatic N) is 1. The summed E-state index contributed by atoms with van der Waals surface area (Å²) in [7, 11) is -0.407. The molecule has 0 aromatic heterocycles. The number of hydrogen-bond acceptors (Lipinski definition) is 3. The van der Waals surface area contributed by atoms with Gasteiger partial charge in [0.15, 0.2) is 0 Å². The van der Waals surface area contributed by atoms with Crippen LogP contribution in [0.3, 0.4) is 0 Å². The van der Waals surface area contributed by atoms with Gasteiger partial charge in [-0.05, 0) is 38.8 Å². The molecule has 6 heteroatoms. The fraction of sp³-hybridized carbons (Fsp3) is 0.538. The van der Waals surface area contributed by atoms with Crippen molar-refractivity contribution < 1.29 is 13.8 Å². The molecule has 0 saturated carbocycles. The molecule has 0 spiro atoms. The summed E-state index contributed by atoms with van der Waals surface area (Å²) in [5, 5.41) is 12.7. The Hall–Kier alpha value is -0.975. The van der Waals surface area contributed by atoms with Crippen molar-refractivity contribution in [1.82, 2.24) is 10.1 Å². The Kier molecular flexibility index (Phi) is 4.90. The summed E-state index contributed by atoms with van der Waals surface area (Å²) >= 11 is 0. The second kappa shape index (κ2) is 6.46. The van der Waals surface area contributed by atoms with Crippen molar-refractivity contribution in [3.63, 3.8) is 0 Å². The molecule has 2 N–H and O–H groups in total. The van der Waals surface area contributed by atoms with Crippen LogP contribution in [0.5, 0.6) is 0 Å². The Balaban J connectivity index is 1.80. The molecular formula is C13H19BF2N2O. The first-order valence-corrected chi connectivity index (χ1v) is 6.65. The van der Waals surface area contributed by atoms with Crippen LogP contribution in [0, 0.1) is 11.6 Å². The smallest absolute Gasteiger partial charge is 0.376 e. The van der Waals surface area contributed by atoms with E-state index in [4.69, 9.17) is 0 Å². The van der Waals surface area contributed by atoms with Gasteiger partial charge in [-0.3, -0.25) is 0 Å². The van der Waals surface area contributed by atoms with Crippen LogP contribution in [0.1, 0.15) is 18.4 Å². The first-order valence-electron chi connectivity index (χ1n) is 6.65. The maximum absolute atomic E-state index is 13.5. The molecule has 0 bridgehead atoms. The highest BCUT2D eigenvalue weighted by Crippen LogP contribution is 2.13. The summed E-state index contributed by atoms with van der Waals surface area (Å²) in [6.45, 7) is 3.84. The zero-order chi connectivity index (χ0) is 13.8. The van der Waals surface area contributed by atoms with Gasteiger partial charge in [0.1, 0.15) is 11.6 Å². The zero-order valence-corrected chi connectivity index (χ0v) is 11.1. The Labute approximate surface area is 112 Å². The van der Waals surface area contributed by atoms with E-state index in [1.54, 1.807) is 6.82 Å². The molecule has 1 aromatic carbocycles. The maximum atomic E-state index is 13.5. The van der Waals surface area contributed by atoms with E-state index in [9.17, 15) is 13.8 Å². The summed E-state index contributed by atoms with van der Waals surface area (Å²) in [5.74, 6) is -1.06. The van der Waals surface area contributed by atoms with Gasteiger partial charge in [-0.25, -0.2) is 8.78 Å². The first-order chi connectivity index (χ1) is 9.06. The third-order valence-electron chi connectivity index (χ3n) is 3.65. The number of piperidine rings is 1. The van der Waals surface area contributed by atoms with E-state index in [-0.39, 0.29) is 0 Å². The molecule has 19 heavy (non-hydrogen) atoms. The minimum absolute atomic E-state index is 0.319. The topological polar surface area (TPSA) is 35.5 Å². The van der Waals surface area contributed by atoms with Crippen LogP contribution >= 0.6 is 0 Å². The molecule has 1 aliphatic heterocycles. The van der Waals surface area contributed by atoms with Crippen LogP contribution in [-0.4, -0.2) is 36.0 Å². The first kappa shape index (κ1) is 14.4. The Bertz CT molecular complexity index is 423. The highest BCUT2D eigenvalue weighted by molar-refractivity contribution is 6.45. The molecule has 1 aliphatic rings. The second-order valence-corrected chi connectivity index (χ2v) is 5.06. The summed E-state index contributed by atoms with van der Waals surface area (Å²) in [6, 6.07) is 3.98. The summed E-state index contributed by atoms with van der Waals surface area (Å²) < 4.78 is 26.2. The molecule has 104 valence electrons. The third-order valence-corrected chi connectivity index (χ3v) is 3.65. The lowest BCUT2D eigenvalue weighted by atomic mass is 9.82. The van der Waals surface area contributed by atoms with Gasteiger partial charge < -0.3 is 15.2 Å². The van der Waals surface area contributed by atoms with Gasteiger partial charge in [-0.2, -0.15) is 0 Å². The number of hydrogen-bond donors (Lipinski definition) is 2. The van der Waals surface area contributed by atoms with E-state index >= 15 is 0 Å². The third kappa shape index (κ3) is 3.99. The van der Waals surface area contributed by atoms with Gasteiger partial charge in [0.25, 0.3) is 0 Å². The molecule has 1 heterocycles. The molecule has 1 aromatic rings. The maximum Gasteiger partial charge on any atom is 0.376 e. The molecule has 0 unspecified atom stereocenters. The summed E-state index contributed by atoms with van der Waals surface area (Å²) in [5.41, 5.74) is 0.486. The highest BCUT2D eigenvalue weighted by Gasteiger charge is 2.23. The van der Waals surface area contributed by atoms with E-state index in [0.29, 0.717) is 18.2 Å². The molecular weight excluding hydrogens is 249 g/mol. The number of nitrogens with one attached hydrogen (secondary N) is 1. The van der Waals surface area contributed by atoms with Crippen LogP contribution in [-0.2, 0) is 6.54 Å². The lowest BCUT2D eigenvalue weighted by Crippen LogP contribution is -2.47. The van der Waals surface area contributed by atoms with Crippen molar-refractivity contribution >= 4 is 7.05 Å². The predicted octanol–water partition coefficient (Wildman–Crippen LogP) is 1.63. The van der Waals surface area contributed by atoms with E-state index in [2.05, 4.69) is 5.32 Å². The van der Waals surface area contributed by atoms with E-state index in [0.717, 1.165) is 32.0 Å². The molecule has 0 radical (unpaired) electrons. The molecule has 0 atom stereocenters. The highest BCUT2D eigenvalue weighted by atomic mass is 19.1. The standard InChI is InChI=1S/C13H19BF2N2O/c1-14(19)18-6-4-12(5-7-18)17-9-10-2-3-11(15)8-13(10)16/h2-3,8,12,17,19H,4-7,9H2,1H3. The normalized spacial score (nSPS) is 17.7. The monoisotopic (exact) mass is 268 g/mol. The summed E-state index contributed by atoms with van der Waals surface area (Å²) in [6.07, 6.45) is 1.85. The van der Waals surface area contributed by atoms with Gasteiger partial charge in [-0.1, -0.05) is 6.07 Å². The number of halogens is 2. The van der Waals surface area contributed by atoms with E-state index in [1.807, 2.05) is 4.81 Å². The summed E-state index contributed by atoms with van der Waals surface area (Å²) in [4.78, 5) is 2.01. The van der Waals surface area contributed by atoms with Crippen LogP contribution < -0.4 is 5.32 Å². The number of rotatable bonds is 4. The lowest BCUT2D eigenvalue weighted by molar-refractivity contribution is 0.264. The molecule has 0 aliphatic carbocycles. The largest absolute Gasteiger partial charge is 0.437 e. The van der Waals surface area contributed by atoms with Gasteiger partial charge in [0.2, 0.25) is 0 Å². The minimum Gasteiger partial charge on any atom is -0.437 e. The zero-order valence-electron chi connectivity index (χ0n) is 11.1. The average Bonchev–Trinajstić information content (AvgIpc) is 2.38. The van der Waals surface area contributed by atoms with E-state index < -0.39 is 18.7 Å². The van der Waals surface area contributed by atoms with Gasteiger partial charge in [-0.15, -0.1) is 0 Å². The lowest BCUT2D eigenvalue weighted by Gasteiger charge is -2.33. The molecule has 3 nitrogen and oxygen atoms in total. The van der Waals surface area contributed by atoms with Gasteiger partial charge in [0.05, 0.1) is 0 Å². The second-order valence-electron chi connectivity index (χ2n) is 5.06. The van der Waals surface area contributed by atoms with Gasteiger partial charge >= 0.3 is 7.05 Å². The molecule has 0 amide bonds. The van der Waals surface area contributed by atoms with Crippen molar-refractivity contribution in [2.75, 3.05) is 13.1 Å². The van der Waals surface area contributed by atoms with E-state index in [1.165, 1.54) is 12.1 Å². The molecule has 2 rings (SSSR count). The number of benzene rings is 1. The Morgan fingerprint density at radius 1 is 1.37 bits per heavy atom. The van der Waals surface area contributed by atoms with Crippen LogP contribution in [0.4, 0.5) is 8.78 Å². The fourth-order valence-corrected chi connectivity index (χ4v) is 2.40. The fourth-order valence-electron chi connectivity index (χ4n) is 2.40. The SMILES string of the molecule is CB(O)N1CCC(NCc2ccc(F)cc2F)CC1. The predicted molar refractivity (Wildman–Crippen MR) is 71.6 cm³/mol. The van der Waals surface area contributed by atoms with Crippen molar-refractivity contribution in [2.24, 2.45) is 0 Å². The van der Waals surface area contributed by atoms with Crippen molar-refractivity contribution in [3.8, 4) is 0 Å². The minimum atomic E-state index is -0.550. The van der Waals surface area contributed by atoms with Crippen molar-refractivity contribution in [3.05, 3.63) is 35.4 Å². The van der Waals surface area contributed by atoms with Crippen LogP contribution in [0.15, 0.2) is 18.2 Å². The molecule has 1 saturated heterocycles. The van der Waals surface area contributed by atoms with Crippen LogP contribution in [0.25, 0.3) is 0 Å². The van der Waals surface area contributed by atoms with Crippen molar-refractivity contribution in [2.45, 2.75) is 32.3 Å². The molecule has 1 fully saturated rings.